The average Bonchev–Trinajstić information content (AvgIpc) is 3.53. The number of ether oxygens (including phenoxy) is 1. The topological polar surface area (TPSA) is 80.3 Å². The molecule has 1 aliphatic rings. The predicted molar refractivity (Wildman–Crippen MR) is 126 cm³/mol. The zero-order valence-electron chi connectivity index (χ0n) is 17.3. The molecule has 1 aliphatic carbocycles. The van der Waals surface area contributed by atoms with Crippen molar-refractivity contribution < 1.29 is 14.3 Å². The summed E-state index contributed by atoms with van der Waals surface area (Å²) in [4.78, 5) is 30.1. The zero-order valence-corrected chi connectivity index (χ0v) is 18.9. The van der Waals surface area contributed by atoms with E-state index in [1.165, 1.54) is 23.1 Å². The summed E-state index contributed by atoms with van der Waals surface area (Å²) in [5.41, 5.74) is 2.40. The maximum atomic E-state index is 12.7. The van der Waals surface area contributed by atoms with Gasteiger partial charge < -0.3 is 15.4 Å². The highest BCUT2D eigenvalue weighted by Gasteiger charge is 2.29. The van der Waals surface area contributed by atoms with Gasteiger partial charge in [0, 0.05) is 27.4 Å². The fraction of sp³-hybridized carbons (Fsp3) is 0.261. The van der Waals surface area contributed by atoms with Gasteiger partial charge in [-0.05, 0) is 50.1 Å². The number of thiazole rings is 1. The van der Waals surface area contributed by atoms with Crippen molar-refractivity contribution >= 4 is 45.7 Å². The van der Waals surface area contributed by atoms with Gasteiger partial charge in [0.05, 0.1) is 18.1 Å². The minimum atomic E-state index is -0.326. The Kier molecular flexibility index (Phi) is 6.58. The molecule has 0 bridgehead atoms. The van der Waals surface area contributed by atoms with E-state index >= 15 is 0 Å². The lowest BCUT2D eigenvalue weighted by molar-refractivity contribution is -0.117. The second-order valence-corrected chi connectivity index (χ2v) is 9.55. The van der Waals surface area contributed by atoms with E-state index in [1.807, 2.05) is 60.8 Å². The molecule has 0 spiro atoms. The second kappa shape index (κ2) is 9.53. The number of aromatic nitrogens is 1. The number of hydrogen-bond donors (Lipinski definition) is 2. The van der Waals surface area contributed by atoms with Crippen molar-refractivity contribution in [2.45, 2.75) is 29.9 Å². The van der Waals surface area contributed by atoms with Crippen molar-refractivity contribution in [1.82, 2.24) is 4.98 Å². The van der Waals surface area contributed by atoms with Crippen molar-refractivity contribution in [2.75, 3.05) is 17.7 Å². The quantitative estimate of drug-likeness (QED) is 0.453. The van der Waals surface area contributed by atoms with Gasteiger partial charge in [-0.1, -0.05) is 18.2 Å². The van der Waals surface area contributed by atoms with Crippen LogP contribution in [0.3, 0.4) is 0 Å². The van der Waals surface area contributed by atoms with Gasteiger partial charge in [0.1, 0.15) is 5.75 Å². The number of anilines is 2. The number of nitrogens with zero attached hydrogens (tertiary/aromatic N) is 1. The molecule has 0 aliphatic heterocycles. The third-order valence-corrected chi connectivity index (χ3v) is 6.70. The molecule has 6 nitrogen and oxygen atoms in total. The first-order valence-corrected chi connectivity index (χ1v) is 11.8. The normalized spacial score (nSPS) is 14.0. The zero-order chi connectivity index (χ0) is 21.8. The number of carbonyl (C=O) groups excluding carboxylic acids is 2. The highest BCUT2D eigenvalue weighted by molar-refractivity contribution is 8.00. The number of amides is 2. The van der Waals surface area contributed by atoms with Crippen LogP contribution in [0.25, 0.3) is 11.3 Å². The summed E-state index contributed by atoms with van der Waals surface area (Å²) in [6, 6.07) is 15.2. The first-order chi connectivity index (χ1) is 15.0. The second-order valence-electron chi connectivity index (χ2n) is 7.28. The number of thioether (sulfide) groups is 1. The Labute approximate surface area is 189 Å². The summed E-state index contributed by atoms with van der Waals surface area (Å²) in [5.74, 6) is 0.837. The maximum absolute atomic E-state index is 12.7. The van der Waals surface area contributed by atoms with Gasteiger partial charge >= 0.3 is 0 Å². The molecule has 1 saturated carbocycles. The Hall–Kier alpha value is -2.84. The minimum Gasteiger partial charge on any atom is -0.496 e. The molecular formula is C23H23N3O3S2. The predicted octanol–water partition coefficient (Wildman–Crippen LogP) is 5.29. The molecule has 4 rings (SSSR count). The molecule has 1 atom stereocenters. The van der Waals surface area contributed by atoms with E-state index in [9.17, 15) is 9.59 Å². The Morgan fingerprint density at radius 3 is 2.74 bits per heavy atom. The molecule has 2 N–H and O–H groups in total. The maximum Gasteiger partial charge on any atom is 0.239 e. The van der Waals surface area contributed by atoms with Gasteiger partial charge in [0.25, 0.3) is 0 Å². The van der Waals surface area contributed by atoms with Gasteiger partial charge in [-0.3, -0.25) is 9.59 Å². The summed E-state index contributed by atoms with van der Waals surface area (Å²) >= 11 is 2.82. The molecule has 160 valence electrons. The van der Waals surface area contributed by atoms with E-state index in [0.29, 0.717) is 5.13 Å². The van der Waals surface area contributed by atoms with Crippen LogP contribution in [0, 0.1) is 5.92 Å². The Balaban J connectivity index is 1.37. The van der Waals surface area contributed by atoms with Crippen molar-refractivity contribution in [3.63, 3.8) is 0 Å². The Morgan fingerprint density at radius 2 is 1.97 bits per heavy atom. The molecule has 1 heterocycles. The molecule has 0 saturated heterocycles. The number of hydrogen-bond acceptors (Lipinski definition) is 6. The molecule has 2 aromatic carbocycles. The number of methoxy groups -OCH3 is 1. The molecule has 0 radical (unpaired) electrons. The number of carbonyl (C=O) groups is 2. The lowest BCUT2D eigenvalue weighted by Gasteiger charge is -2.12. The van der Waals surface area contributed by atoms with Gasteiger partial charge in [0.15, 0.2) is 5.13 Å². The van der Waals surface area contributed by atoms with Crippen LogP contribution in [0.15, 0.2) is 58.8 Å². The van der Waals surface area contributed by atoms with E-state index in [4.69, 9.17) is 4.74 Å². The summed E-state index contributed by atoms with van der Waals surface area (Å²) in [7, 11) is 1.62. The van der Waals surface area contributed by atoms with Gasteiger partial charge in [-0.2, -0.15) is 0 Å². The summed E-state index contributed by atoms with van der Waals surface area (Å²) in [6.45, 7) is 1.85. The first-order valence-electron chi connectivity index (χ1n) is 10.0. The number of benzene rings is 2. The number of rotatable bonds is 8. The first kappa shape index (κ1) is 21.4. The van der Waals surface area contributed by atoms with Gasteiger partial charge in [0.2, 0.25) is 11.8 Å². The number of nitrogens with one attached hydrogen (secondary N) is 2. The monoisotopic (exact) mass is 453 g/mol. The van der Waals surface area contributed by atoms with Crippen molar-refractivity contribution in [2.24, 2.45) is 5.92 Å². The molecule has 8 heteroatoms. The van der Waals surface area contributed by atoms with Crippen molar-refractivity contribution in [3.05, 3.63) is 53.9 Å². The van der Waals surface area contributed by atoms with Crippen LogP contribution in [-0.2, 0) is 9.59 Å². The average molecular weight is 454 g/mol. The molecule has 31 heavy (non-hydrogen) atoms. The lowest BCUT2D eigenvalue weighted by Crippen LogP contribution is -2.22. The fourth-order valence-electron chi connectivity index (χ4n) is 3.01. The Morgan fingerprint density at radius 1 is 1.16 bits per heavy atom. The lowest BCUT2D eigenvalue weighted by atomic mass is 10.1. The molecular weight excluding hydrogens is 430 g/mol. The molecule has 1 unspecified atom stereocenters. The smallest absolute Gasteiger partial charge is 0.239 e. The molecule has 1 aromatic heterocycles. The SMILES string of the molecule is COc1ccccc1-c1csc(NC(=O)C(C)Sc2cccc(NC(=O)C3CC3)c2)n1. The third kappa shape index (κ3) is 5.45. The molecule has 2 amide bonds. The third-order valence-electron chi connectivity index (χ3n) is 4.85. The van der Waals surface area contributed by atoms with Crippen molar-refractivity contribution in [3.8, 4) is 17.0 Å². The van der Waals surface area contributed by atoms with E-state index in [-0.39, 0.29) is 23.0 Å². The molecule has 1 fully saturated rings. The standard InChI is InChI=1S/C23H23N3O3S2/c1-14(31-17-7-5-6-16(12-17)24-22(28)15-10-11-15)21(27)26-23-25-19(13-30-23)18-8-3-4-9-20(18)29-2/h3-9,12-15H,10-11H2,1-2H3,(H,24,28)(H,25,26,27). The van der Waals surface area contributed by atoms with Gasteiger partial charge in [-0.15, -0.1) is 23.1 Å². The fourth-order valence-corrected chi connectivity index (χ4v) is 4.65. The van der Waals surface area contributed by atoms with E-state index in [0.717, 1.165) is 40.4 Å². The summed E-state index contributed by atoms with van der Waals surface area (Å²) in [6.07, 6.45) is 1.93. The van der Waals surface area contributed by atoms with Crippen LogP contribution in [0.5, 0.6) is 5.75 Å². The molecule has 3 aromatic rings. The summed E-state index contributed by atoms with van der Waals surface area (Å²) in [5, 5.41) is 7.96. The summed E-state index contributed by atoms with van der Waals surface area (Å²) < 4.78 is 5.39. The van der Waals surface area contributed by atoms with E-state index in [2.05, 4.69) is 15.6 Å². The highest BCUT2D eigenvalue weighted by Crippen LogP contribution is 2.33. The van der Waals surface area contributed by atoms with Crippen LogP contribution in [0.1, 0.15) is 19.8 Å². The van der Waals surface area contributed by atoms with Crippen LogP contribution < -0.4 is 15.4 Å². The van der Waals surface area contributed by atoms with Gasteiger partial charge in [-0.25, -0.2) is 4.98 Å². The van der Waals surface area contributed by atoms with Crippen molar-refractivity contribution in [1.29, 1.82) is 0 Å². The Bertz CT molecular complexity index is 1090. The van der Waals surface area contributed by atoms with E-state index < -0.39 is 0 Å². The van der Waals surface area contributed by atoms with Crippen LogP contribution >= 0.6 is 23.1 Å². The number of para-hydroxylation sites is 1. The highest BCUT2D eigenvalue weighted by atomic mass is 32.2. The largest absolute Gasteiger partial charge is 0.496 e. The van der Waals surface area contributed by atoms with Crippen LogP contribution in [-0.4, -0.2) is 29.2 Å². The minimum absolute atomic E-state index is 0.0718. The van der Waals surface area contributed by atoms with Crippen LogP contribution in [0.2, 0.25) is 0 Å². The van der Waals surface area contributed by atoms with Crippen LogP contribution in [0.4, 0.5) is 10.8 Å². The van der Waals surface area contributed by atoms with E-state index in [1.54, 1.807) is 7.11 Å².